The van der Waals surface area contributed by atoms with Crippen molar-refractivity contribution < 1.29 is 9.53 Å². The van der Waals surface area contributed by atoms with Gasteiger partial charge in [-0.05, 0) is 62.4 Å². The van der Waals surface area contributed by atoms with Crippen molar-refractivity contribution >= 4 is 29.0 Å². The second-order valence-corrected chi connectivity index (χ2v) is 6.13. The number of nitrogens with one attached hydrogen (secondary N) is 2. The van der Waals surface area contributed by atoms with Crippen LogP contribution in [0, 0.1) is 13.8 Å². The lowest BCUT2D eigenvalue weighted by Crippen LogP contribution is -2.19. The highest BCUT2D eigenvalue weighted by molar-refractivity contribution is 6.31. The minimum Gasteiger partial charge on any atom is -0.497 e. The Morgan fingerprint density at radius 1 is 1.00 bits per heavy atom. The summed E-state index contributed by atoms with van der Waals surface area (Å²) in [6.45, 7) is 3.78. The summed E-state index contributed by atoms with van der Waals surface area (Å²) in [5.74, 6) is 0.732. The molecule has 3 aromatic rings. The summed E-state index contributed by atoms with van der Waals surface area (Å²) in [5, 5.41) is 10.6. The zero-order chi connectivity index (χ0) is 18.7. The van der Waals surface area contributed by atoms with Crippen molar-refractivity contribution in [2.75, 3.05) is 17.7 Å². The average molecular weight is 371 g/mol. The van der Waals surface area contributed by atoms with Crippen LogP contribution in [0.15, 0.2) is 48.5 Å². The standard InChI is InChI=1S/C19H19ClN4O2/c1-12-18(20)13(2)24(23-12)16-8-4-14(5-9-16)21-19(25)22-15-6-10-17(26-3)11-7-15/h4-11H,1-3H3,(H2,21,22,25). The highest BCUT2D eigenvalue weighted by atomic mass is 35.5. The number of rotatable bonds is 4. The van der Waals surface area contributed by atoms with E-state index >= 15 is 0 Å². The number of aromatic nitrogens is 2. The van der Waals surface area contributed by atoms with Gasteiger partial charge in [0, 0.05) is 11.4 Å². The number of anilines is 2. The number of urea groups is 1. The van der Waals surface area contributed by atoms with E-state index in [4.69, 9.17) is 16.3 Å². The van der Waals surface area contributed by atoms with Crippen molar-refractivity contribution in [1.29, 1.82) is 0 Å². The number of carbonyl (C=O) groups excluding carboxylic acids is 1. The van der Waals surface area contributed by atoms with Crippen molar-refractivity contribution in [2.24, 2.45) is 0 Å². The van der Waals surface area contributed by atoms with E-state index in [0.29, 0.717) is 16.4 Å². The molecule has 0 saturated heterocycles. The fourth-order valence-corrected chi connectivity index (χ4v) is 2.65. The lowest BCUT2D eigenvalue weighted by Gasteiger charge is -2.09. The van der Waals surface area contributed by atoms with Gasteiger partial charge in [-0.15, -0.1) is 0 Å². The first-order valence-electron chi connectivity index (χ1n) is 8.02. The van der Waals surface area contributed by atoms with E-state index in [0.717, 1.165) is 22.8 Å². The highest BCUT2D eigenvalue weighted by Gasteiger charge is 2.11. The van der Waals surface area contributed by atoms with Crippen LogP contribution in [0.2, 0.25) is 5.02 Å². The molecule has 3 rings (SSSR count). The van der Waals surface area contributed by atoms with Gasteiger partial charge in [0.05, 0.1) is 29.2 Å². The number of ether oxygens (including phenoxy) is 1. The predicted molar refractivity (Wildman–Crippen MR) is 104 cm³/mol. The van der Waals surface area contributed by atoms with Crippen molar-refractivity contribution in [3.05, 3.63) is 64.9 Å². The quantitative estimate of drug-likeness (QED) is 0.693. The summed E-state index contributed by atoms with van der Waals surface area (Å²) in [7, 11) is 1.60. The Hall–Kier alpha value is -2.99. The first kappa shape index (κ1) is 17.8. The van der Waals surface area contributed by atoms with Gasteiger partial charge in [-0.1, -0.05) is 11.6 Å². The van der Waals surface area contributed by atoms with E-state index in [-0.39, 0.29) is 6.03 Å². The van der Waals surface area contributed by atoms with Crippen molar-refractivity contribution in [3.63, 3.8) is 0 Å². The van der Waals surface area contributed by atoms with Gasteiger partial charge in [-0.25, -0.2) is 9.48 Å². The molecule has 6 nitrogen and oxygen atoms in total. The minimum absolute atomic E-state index is 0.322. The van der Waals surface area contributed by atoms with Gasteiger partial charge in [0.1, 0.15) is 5.75 Å². The molecule has 1 heterocycles. The van der Waals surface area contributed by atoms with Crippen LogP contribution in [0.4, 0.5) is 16.2 Å². The number of aryl methyl sites for hydroxylation is 1. The molecule has 0 radical (unpaired) electrons. The maximum Gasteiger partial charge on any atom is 0.323 e. The number of carbonyl (C=O) groups is 1. The molecule has 7 heteroatoms. The summed E-state index contributed by atoms with van der Waals surface area (Å²) in [5.41, 5.74) is 3.88. The minimum atomic E-state index is -0.322. The number of methoxy groups -OCH3 is 1. The number of amides is 2. The smallest absolute Gasteiger partial charge is 0.323 e. The van der Waals surface area contributed by atoms with Crippen molar-refractivity contribution in [2.45, 2.75) is 13.8 Å². The third kappa shape index (κ3) is 3.81. The maximum absolute atomic E-state index is 12.1. The SMILES string of the molecule is COc1ccc(NC(=O)Nc2ccc(-n3nc(C)c(Cl)c3C)cc2)cc1. The van der Waals surface area contributed by atoms with Gasteiger partial charge in [0.2, 0.25) is 0 Å². The molecule has 26 heavy (non-hydrogen) atoms. The number of hydrogen-bond acceptors (Lipinski definition) is 3. The summed E-state index contributed by atoms with van der Waals surface area (Å²) in [6.07, 6.45) is 0. The molecule has 0 spiro atoms. The fourth-order valence-electron chi connectivity index (χ4n) is 2.53. The molecular formula is C19H19ClN4O2. The second kappa shape index (κ2) is 7.49. The highest BCUT2D eigenvalue weighted by Crippen LogP contribution is 2.23. The van der Waals surface area contributed by atoms with Crippen molar-refractivity contribution in [1.82, 2.24) is 9.78 Å². The Bertz CT molecular complexity index is 918. The second-order valence-electron chi connectivity index (χ2n) is 5.75. The van der Waals surface area contributed by atoms with Crippen LogP contribution in [0.1, 0.15) is 11.4 Å². The lowest BCUT2D eigenvalue weighted by molar-refractivity contribution is 0.262. The molecule has 0 saturated carbocycles. The van der Waals surface area contributed by atoms with Crippen LogP contribution in [0.3, 0.4) is 0 Å². The Morgan fingerprint density at radius 2 is 1.54 bits per heavy atom. The van der Waals surface area contributed by atoms with Crippen LogP contribution < -0.4 is 15.4 Å². The first-order chi connectivity index (χ1) is 12.5. The molecule has 0 aliphatic heterocycles. The monoisotopic (exact) mass is 370 g/mol. The molecule has 0 aliphatic rings. The molecule has 2 N–H and O–H groups in total. The van der Waals surface area contributed by atoms with Crippen LogP contribution >= 0.6 is 11.6 Å². The third-order valence-electron chi connectivity index (χ3n) is 3.92. The third-order valence-corrected chi connectivity index (χ3v) is 4.47. The molecule has 0 unspecified atom stereocenters. The predicted octanol–water partition coefficient (Wildman–Crippen LogP) is 4.80. The Labute approximate surface area is 156 Å². The molecule has 0 aliphatic carbocycles. The van der Waals surface area contributed by atoms with Crippen LogP contribution in [0.25, 0.3) is 5.69 Å². The molecule has 1 aromatic heterocycles. The average Bonchev–Trinajstić information content (AvgIpc) is 2.90. The van der Waals surface area contributed by atoms with E-state index in [2.05, 4.69) is 15.7 Å². The number of nitrogens with zero attached hydrogens (tertiary/aromatic N) is 2. The fraction of sp³-hybridized carbons (Fsp3) is 0.158. The zero-order valence-electron chi connectivity index (χ0n) is 14.7. The summed E-state index contributed by atoms with van der Waals surface area (Å²) >= 11 is 6.19. The van der Waals surface area contributed by atoms with Gasteiger partial charge < -0.3 is 15.4 Å². The van der Waals surface area contributed by atoms with E-state index in [1.807, 2.05) is 38.1 Å². The Kier molecular flexibility index (Phi) is 5.14. The molecule has 134 valence electrons. The Balaban J connectivity index is 1.66. The number of hydrogen-bond donors (Lipinski definition) is 2. The summed E-state index contributed by atoms with van der Waals surface area (Å²) < 4.78 is 6.87. The molecule has 0 fully saturated rings. The largest absolute Gasteiger partial charge is 0.497 e. The molecule has 0 atom stereocenters. The topological polar surface area (TPSA) is 68.2 Å². The van der Waals surface area contributed by atoms with Crippen LogP contribution in [-0.4, -0.2) is 22.9 Å². The number of benzene rings is 2. The zero-order valence-corrected chi connectivity index (χ0v) is 15.5. The first-order valence-corrected chi connectivity index (χ1v) is 8.40. The van der Waals surface area contributed by atoms with Gasteiger partial charge in [-0.2, -0.15) is 5.10 Å². The van der Waals surface area contributed by atoms with Crippen LogP contribution in [0.5, 0.6) is 5.75 Å². The summed E-state index contributed by atoms with van der Waals surface area (Å²) in [6, 6.07) is 14.2. The van der Waals surface area contributed by atoms with E-state index in [9.17, 15) is 4.79 Å². The Morgan fingerprint density at radius 3 is 2.00 bits per heavy atom. The molecule has 0 bridgehead atoms. The van der Waals surface area contributed by atoms with E-state index in [1.165, 1.54) is 0 Å². The lowest BCUT2D eigenvalue weighted by atomic mass is 10.2. The summed E-state index contributed by atoms with van der Waals surface area (Å²) in [4.78, 5) is 12.1. The molecular weight excluding hydrogens is 352 g/mol. The van der Waals surface area contributed by atoms with E-state index in [1.54, 1.807) is 36.1 Å². The number of halogens is 1. The van der Waals surface area contributed by atoms with Gasteiger partial charge in [0.25, 0.3) is 0 Å². The molecule has 2 amide bonds. The van der Waals surface area contributed by atoms with Gasteiger partial charge >= 0.3 is 6.03 Å². The maximum atomic E-state index is 12.1. The normalized spacial score (nSPS) is 10.5. The molecule has 2 aromatic carbocycles. The van der Waals surface area contributed by atoms with Crippen molar-refractivity contribution in [3.8, 4) is 11.4 Å². The van der Waals surface area contributed by atoms with Gasteiger partial charge in [0.15, 0.2) is 0 Å². The van der Waals surface area contributed by atoms with Gasteiger partial charge in [-0.3, -0.25) is 0 Å². The van der Waals surface area contributed by atoms with Crippen LogP contribution in [-0.2, 0) is 0 Å². The van der Waals surface area contributed by atoms with E-state index < -0.39 is 0 Å².